The van der Waals surface area contributed by atoms with Gasteiger partial charge in [0, 0.05) is 56.5 Å². The summed E-state index contributed by atoms with van der Waals surface area (Å²) < 4.78 is 27.8. The van der Waals surface area contributed by atoms with Gasteiger partial charge in [-0.15, -0.1) is 0 Å². The molecule has 3 heterocycles. The number of benzene rings is 2. The first-order chi connectivity index (χ1) is 15.0. The molecule has 0 aromatic heterocycles. The molecule has 1 saturated heterocycles. The third-order valence-electron chi connectivity index (χ3n) is 6.51. The van der Waals surface area contributed by atoms with Gasteiger partial charge in [-0.3, -0.25) is 14.6 Å². The Hall–Kier alpha value is -2.77. The molecule has 1 unspecified atom stereocenters. The van der Waals surface area contributed by atoms with Crippen molar-refractivity contribution < 1.29 is 13.6 Å². The van der Waals surface area contributed by atoms with Crippen molar-refractivity contribution >= 4 is 5.91 Å². The van der Waals surface area contributed by atoms with E-state index in [4.69, 9.17) is 0 Å². The fourth-order valence-corrected chi connectivity index (χ4v) is 4.97. The topological polar surface area (TPSA) is 30.0 Å². The van der Waals surface area contributed by atoms with Crippen molar-refractivity contribution in [2.45, 2.75) is 25.8 Å². The van der Waals surface area contributed by atoms with E-state index in [0.717, 1.165) is 49.9 Å². The second kappa shape index (κ2) is 8.05. The molecule has 3 aliphatic rings. The Kier molecular flexibility index (Phi) is 5.24. The molecule has 7 heteroatoms. The van der Waals surface area contributed by atoms with Gasteiger partial charge in [-0.05, 0) is 18.7 Å². The normalized spacial score (nSPS) is 22.2. The Morgan fingerprint density at radius 1 is 1.00 bits per heavy atom. The molecule has 0 bridgehead atoms. The number of carbonyl (C=O) groups excluding carboxylic acids is 1. The molecule has 1 atom stereocenters. The van der Waals surface area contributed by atoms with E-state index in [1.54, 1.807) is 4.90 Å². The Balaban J connectivity index is 1.43. The zero-order chi connectivity index (χ0) is 21.5. The van der Waals surface area contributed by atoms with Crippen LogP contribution in [0.2, 0.25) is 0 Å². The van der Waals surface area contributed by atoms with Gasteiger partial charge in [0.2, 0.25) is 0 Å². The van der Waals surface area contributed by atoms with Crippen LogP contribution in [0.3, 0.4) is 0 Å². The van der Waals surface area contributed by atoms with Gasteiger partial charge in [-0.25, -0.2) is 8.78 Å². The number of hydrogen-bond donors (Lipinski definition) is 0. The van der Waals surface area contributed by atoms with Gasteiger partial charge in [-0.1, -0.05) is 36.4 Å². The molecule has 162 valence electrons. The smallest absolute Gasteiger partial charge is 0.255 e. The van der Waals surface area contributed by atoms with Crippen LogP contribution in [0.5, 0.6) is 0 Å². The fraction of sp³-hybridized carbons (Fsp3) is 0.375. The molecule has 5 nitrogen and oxygen atoms in total. The number of hydrogen-bond acceptors (Lipinski definition) is 4. The first kappa shape index (κ1) is 20.2. The van der Waals surface area contributed by atoms with Crippen LogP contribution in [0, 0.1) is 11.6 Å². The molecule has 3 aliphatic heterocycles. The summed E-state index contributed by atoms with van der Waals surface area (Å²) in [4.78, 5) is 22.1. The Labute approximate surface area is 181 Å². The summed E-state index contributed by atoms with van der Waals surface area (Å²) in [7, 11) is 1.99. The van der Waals surface area contributed by atoms with Crippen LogP contribution < -0.4 is 0 Å². The van der Waals surface area contributed by atoms with Gasteiger partial charge in [0.15, 0.2) is 6.29 Å². The van der Waals surface area contributed by atoms with E-state index in [0.29, 0.717) is 12.1 Å². The van der Waals surface area contributed by atoms with Crippen LogP contribution in [-0.4, -0.2) is 65.0 Å². The maximum Gasteiger partial charge on any atom is 0.255 e. The molecule has 0 N–H and O–H groups in total. The van der Waals surface area contributed by atoms with E-state index < -0.39 is 11.6 Å². The highest BCUT2D eigenvalue weighted by Crippen LogP contribution is 2.36. The Bertz CT molecular complexity index is 1030. The maximum absolute atomic E-state index is 14.4. The first-order valence-corrected chi connectivity index (χ1v) is 10.7. The summed E-state index contributed by atoms with van der Waals surface area (Å²) in [5.41, 5.74) is 3.48. The number of rotatable bonds is 4. The summed E-state index contributed by atoms with van der Waals surface area (Å²) in [5.74, 6) is -1.28. The van der Waals surface area contributed by atoms with Crippen LogP contribution >= 0.6 is 0 Å². The Morgan fingerprint density at radius 3 is 2.58 bits per heavy atom. The SMILES string of the molecule is CN1CCN2C3=C(CN(Cc4ccccc4)CC3)C(=O)N(Cc3ccc(F)cc3F)C12. The number of halogens is 2. The van der Waals surface area contributed by atoms with E-state index in [-0.39, 0.29) is 18.7 Å². The minimum Gasteiger partial charge on any atom is -0.340 e. The number of carbonyl (C=O) groups is 1. The zero-order valence-electron chi connectivity index (χ0n) is 17.6. The third kappa shape index (κ3) is 3.72. The molecule has 31 heavy (non-hydrogen) atoms. The van der Waals surface area contributed by atoms with E-state index >= 15 is 0 Å². The average Bonchev–Trinajstić information content (AvgIpc) is 3.15. The molecular formula is C24H26F2N4O. The van der Waals surface area contributed by atoms with Crippen molar-refractivity contribution in [2.24, 2.45) is 0 Å². The van der Waals surface area contributed by atoms with Gasteiger partial charge < -0.3 is 9.80 Å². The number of amides is 1. The van der Waals surface area contributed by atoms with Crippen molar-refractivity contribution in [3.05, 3.63) is 82.6 Å². The second-order valence-corrected chi connectivity index (χ2v) is 8.56. The molecule has 0 radical (unpaired) electrons. The standard InChI is InChI=1S/C24H26F2N4O/c1-27-11-12-29-22-9-10-28(14-17-5-3-2-4-6-17)16-20(22)23(31)30(24(27)29)15-18-7-8-19(25)13-21(18)26/h2-8,13,24H,9-12,14-16H2,1H3. The molecule has 0 spiro atoms. The lowest BCUT2D eigenvalue weighted by Gasteiger charge is -2.47. The molecular weight excluding hydrogens is 398 g/mol. The van der Waals surface area contributed by atoms with Crippen LogP contribution in [0.25, 0.3) is 0 Å². The molecule has 2 aromatic rings. The summed E-state index contributed by atoms with van der Waals surface area (Å²) in [6.45, 7) is 4.07. The Morgan fingerprint density at radius 2 is 1.81 bits per heavy atom. The predicted octanol–water partition coefficient (Wildman–Crippen LogP) is 3.00. The van der Waals surface area contributed by atoms with E-state index in [9.17, 15) is 13.6 Å². The highest BCUT2D eigenvalue weighted by molar-refractivity contribution is 5.96. The minimum atomic E-state index is -0.617. The quantitative estimate of drug-likeness (QED) is 0.755. The molecule has 1 amide bonds. The van der Waals surface area contributed by atoms with Crippen LogP contribution in [0.4, 0.5) is 8.78 Å². The minimum absolute atomic E-state index is 0.0495. The van der Waals surface area contributed by atoms with Crippen LogP contribution in [-0.2, 0) is 17.9 Å². The number of nitrogens with zero attached hydrogens (tertiary/aromatic N) is 4. The van der Waals surface area contributed by atoms with Gasteiger partial charge in [0.1, 0.15) is 11.6 Å². The van der Waals surface area contributed by atoms with E-state index in [2.05, 4.69) is 26.8 Å². The van der Waals surface area contributed by atoms with Gasteiger partial charge in [0.25, 0.3) is 5.91 Å². The van der Waals surface area contributed by atoms with Gasteiger partial charge in [-0.2, -0.15) is 0 Å². The average molecular weight is 424 g/mol. The lowest BCUT2D eigenvalue weighted by molar-refractivity contribution is -0.141. The number of likely N-dealkylation sites (N-methyl/N-ethyl adjacent to an activating group) is 1. The predicted molar refractivity (Wildman–Crippen MR) is 113 cm³/mol. The fourth-order valence-electron chi connectivity index (χ4n) is 4.97. The zero-order valence-corrected chi connectivity index (χ0v) is 17.6. The summed E-state index contributed by atoms with van der Waals surface area (Å²) in [6.07, 6.45) is 0.605. The summed E-state index contributed by atoms with van der Waals surface area (Å²) in [5, 5.41) is 0. The number of fused-ring (bicyclic) bond motifs is 2. The van der Waals surface area contributed by atoms with E-state index in [1.165, 1.54) is 17.7 Å². The monoisotopic (exact) mass is 424 g/mol. The molecule has 1 fully saturated rings. The lowest BCUT2D eigenvalue weighted by atomic mass is 9.99. The van der Waals surface area contributed by atoms with Crippen molar-refractivity contribution in [3.63, 3.8) is 0 Å². The van der Waals surface area contributed by atoms with Crippen LogP contribution in [0.15, 0.2) is 59.8 Å². The first-order valence-electron chi connectivity index (χ1n) is 10.7. The highest BCUT2D eigenvalue weighted by Gasteiger charge is 2.45. The van der Waals surface area contributed by atoms with Crippen molar-refractivity contribution in [1.82, 2.24) is 19.6 Å². The third-order valence-corrected chi connectivity index (χ3v) is 6.51. The van der Waals surface area contributed by atoms with Gasteiger partial charge >= 0.3 is 0 Å². The largest absolute Gasteiger partial charge is 0.340 e. The van der Waals surface area contributed by atoms with Crippen molar-refractivity contribution in [1.29, 1.82) is 0 Å². The highest BCUT2D eigenvalue weighted by atomic mass is 19.1. The lowest BCUT2D eigenvalue weighted by Crippen LogP contribution is -2.59. The molecule has 2 aromatic carbocycles. The molecule has 5 rings (SSSR count). The summed E-state index contributed by atoms with van der Waals surface area (Å²) in [6, 6.07) is 13.8. The van der Waals surface area contributed by atoms with Gasteiger partial charge in [0.05, 0.1) is 12.1 Å². The second-order valence-electron chi connectivity index (χ2n) is 8.56. The van der Waals surface area contributed by atoms with E-state index in [1.807, 2.05) is 25.2 Å². The van der Waals surface area contributed by atoms with Crippen molar-refractivity contribution in [2.75, 3.05) is 33.2 Å². The summed E-state index contributed by atoms with van der Waals surface area (Å²) >= 11 is 0. The maximum atomic E-state index is 14.4. The van der Waals surface area contributed by atoms with Crippen LogP contribution in [0.1, 0.15) is 17.5 Å². The molecule has 0 saturated carbocycles. The molecule has 0 aliphatic carbocycles. The van der Waals surface area contributed by atoms with Crippen molar-refractivity contribution in [3.8, 4) is 0 Å².